The second-order valence-electron chi connectivity index (χ2n) is 5.31. The molecule has 2 aromatic rings. The highest BCUT2D eigenvalue weighted by atomic mass is 16.5. The fourth-order valence-corrected chi connectivity index (χ4v) is 2.28. The molecule has 0 saturated carbocycles. The van der Waals surface area contributed by atoms with Crippen molar-refractivity contribution in [3.63, 3.8) is 0 Å². The van der Waals surface area contributed by atoms with Crippen molar-refractivity contribution < 1.29 is 14.3 Å². The molecule has 2 aromatic carbocycles. The van der Waals surface area contributed by atoms with E-state index in [9.17, 15) is 9.59 Å². The first-order chi connectivity index (χ1) is 12.2. The summed E-state index contributed by atoms with van der Waals surface area (Å²) in [6, 6.07) is 19.0. The summed E-state index contributed by atoms with van der Waals surface area (Å²) in [5.74, 6) is -0.908. The smallest absolute Gasteiger partial charge is 0.331 e. The molecule has 4 nitrogen and oxygen atoms in total. The second kappa shape index (κ2) is 9.88. The molecule has 0 spiro atoms. The molecule has 0 unspecified atom stereocenters. The van der Waals surface area contributed by atoms with Crippen LogP contribution >= 0.6 is 0 Å². The van der Waals surface area contributed by atoms with Gasteiger partial charge in [0.05, 0.1) is 6.04 Å². The summed E-state index contributed by atoms with van der Waals surface area (Å²) in [6.07, 6.45) is 6.35. The highest BCUT2D eigenvalue weighted by Crippen LogP contribution is 2.21. The van der Waals surface area contributed by atoms with Crippen LogP contribution in [0.3, 0.4) is 0 Å². The van der Waals surface area contributed by atoms with Gasteiger partial charge in [0.1, 0.15) is 0 Å². The lowest BCUT2D eigenvalue weighted by atomic mass is 9.99. The Labute approximate surface area is 147 Å². The molecule has 4 heteroatoms. The quantitative estimate of drug-likeness (QED) is 0.478. The minimum atomic E-state index is -0.552. The van der Waals surface area contributed by atoms with Crippen LogP contribution in [0, 0.1) is 0 Å². The van der Waals surface area contributed by atoms with Crippen LogP contribution < -0.4 is 5.32 Å². The third kappa shape index (κ3) is 6.11. The standard InChI is InChI=1S/C21H21NO3/c1-2-3-6-15-20(24)25-16-19(23)22-21(17-11-7-4-8-12-17)18-13-9-5-10-14-18/h2-15,21H,16H2,1H3,(H,22,23)/b3-2+,15-6+. The van der Waals surface area contributed by atoms with E-state index in [-0.39, 0.29) is 18.6 Å². The van der Waals surface area contributed by atoms with E-state index in [1.807, 2.05) is 67.6 Å². The number of amides is 1. The van der Waals surface area contributed by atoms with Gasteiger partial charge in [0, 0.05) is 6.08 Å². The number of esters is 1. The third-order valence-corrected chi connectivity index (χ3v) is 3.45. The van der Waals surface area contributed by atoms with Gasteiger partial charge >= 0.3 is 5.97 Å². The fraction of sp³-hybridized carbons (Fsp3) is 0.143. The SMILES string of the molecule is C/C=C/C=C/C(=O)OCC(=O)NC(c1ccccc1)c1ccccc1. The Morgan fingerprint density at radius 3 is 2.04 bits per heavy atom. The van der Waals surface area contributed by atoms with E-state index >= 15 is 0 Å². The molecular weight excluding hydrogens is 314 g/mol. The van der Waals surface area contributed by atoms with Crippen LogP contribution in [0.15, 0.2) is 85.0 Å². The molecule has 0 aromatic heterocycles. The Balaban J connectivity index is 2.02. The average molecular weight is 335 g/mol. The van der Waals surface area contributed by atoms with Crippen LogP contribution in [0.1, 0.15) is 24.1 Å². The number of nitrogens with one attached hydrogen (secondary N) is 1. The first-order valence-electron chi connectivity index (χ1n) is 8.06. The van der Waals surface area contributed by atoms with Gasteiger partial charge in [-0.2, -0.15) is 0 Å². The van der Waals surface area contributed by atoms with Crippen LogP contribution in [-0.2, 0) is 14.3 Å². The van der Waals surface area contributed by atoms with Crippen LogP contribution in [0.4, 0.5) is 0 Å². The average Bonchev–Trinajstić information content (AvgIpc) is 2.66. The largest absolute Gasteiger partial charge is 0.452 e. The Morgan fingerprint density at radius 1 is 0.960 bits per heavy atom. The minimum Gasteiger partial charge on any atom is -0.452 e. The Bertz CT molecular complexity index is 697. The zero-order chi connectivity index (χ0) is 17.9. The summed E-state index contributed by atoms with van der Waals surface area (Å²) in [5.41, 5.74) is 1.92. The maximum absolute atomic E-state index is 12.2. The van der Waals surface area contributed by atoms with Crippen molar-refractivity contribution in [1.29, 1.82) is 0 Å². The lowest BCUT2D eigenvalue weighted by Gasteiger charge is -2.19. The minimum absolute atomic E-state index is 0.299. The molecule has 0 fully saturated rings. The van der Waals surface area contributed by atoms with E-state index in [0.717, 1.165) is 11.1 Å². The van der Waals surface area contributed by atoms with Gasteiger partial charge in [0.15, 0.2) is 6.61 Å². The first-order valence-corrected chi connectivity index (χ1v) is 8.06. The van der Waals surface area contributed by atoms with Crippen molar-refractivity contribution in [2.24, 2.45) is 0 Å². The summed E-state index contributed by atoms with van der Waals surface area (Å²) in [4.78, 5) is 23.7. The number of hydrogen-bond acceptors (Lipinski definition) is 3. The van der Waals surface area contributed by atoms with Crippen molar-refractivity contribution in [2.45, 2.75) is 13.0 Å². The van der Waals surface area contributed by atoms with Crippen LogP contribution in [0.25, 0.3) is 0 Å². The second-order valence-corrected chi connectivity index (χ2v) is 5.31. The molecular formula is C21H21NO3. The van der Waals surface area contributed by atoms with Gasteiger partial charge in [-0.15, -0.1) is 0 Å². The molecule has 128 valence electrons. The zero-order valence-electron chi connectivity index (χ0n) is 14.1. The number of carbonyl (C=O) groups excluding carboxylic acids is 2. The normalized spacial score (nSPS) is 11.1. The van der Waals surface area contributed by atoms with E-state index in [1.165, 1.54) is 6.08 Å². The monoisotopic (exact) mass is 335 g/mol. The van der Waals surface area contributed by atoms with Crippen LogP contribution in [0.5, 0.6) is 0 Å². The molecule has 0 saturated heterocycles. The lowest BCUT2D eigenvalue weighted by Crippen LogP contribution is -2.32. The van der Waals surface area contributed by atoms with E-state index < -0.39 is 5.97 Å². The topological polar surface area (TPSA) is 55.4 Å². The summed E-state index contributed by atoms with van der Waals surface area (Å²) in [7, 11) is 0. The van der Waals surface area contributed by atoms with Gasteiger partial charge in [-0.25, -0.2) is 4.79 Å². The Morgan fingerprint density at radius 2 is 1.52 bits per heavy atom. The highest BCUT2D eigenvalue weighted by molar-refractivity contribution is 5.86. The highest BCUT2D eigenvalue weighted by Gasteiger charge is 2.17. The van der Waals surface area contributed by atoms with Crippen molar-refractivity contribution in [2.75, 3.05) is 6.61 Å². The molecule has 1 N–H and O–H groups in total. The maximum atomic E-state index is 12.2. The molecule has 25 heavy (non-hydrogen) atoms. The number of carbonyl (C=O) groups is 2. The van der Waals surface area contributed by atoms with Crippen molar-refractivity contribution in [3.05, 3.63) is 96.1 Å². The van der Waals surface area contributed by atoms with Gasteiger partial charge in [-0.1, -0.05) is 78.9 Å². The van der Waals surface area contributed by atoms with E-state index in [0.29, 0.717) is 0 Å². The van der Waals surface area contributed by atoms with Gasteiger partial charge in [0.2, 0.25) is 0 Å². The maximum Gasteiger partial charge on any atom is 0.331 e. The molecule has 0 bridgehead atoms. The predicted molar refractivity (Wildman–Crippen MR) is 97.8 cm³/mol. The van der Waals surface area contributed by atoms with Crippen molar-refractivity contribution in [3.8, 4) is 0 Å². The number of benzene rings is 2. The summed E-state index contributed by atoms with van der Waals surface area (Å²) < 4.78 is 4.95. The summed E-state index contributed by atoms with van der Waals surface area (Å²) in [6.45, 7) is 1.52. The summed E-state index contributed by atoms with van der Waals surface area (Å²) >= 11 is 0. The Kier molecular flexibility index (Phi) is 7.19. The molecule has 1 amide bonds. The molecule has 0 aliphatic rings. The van der Waals surface area contributed by atoms with E-state index in [4.69, 9.17) is 4.74 Å². The summed E-state index contributed by atoms with van der Waals surface area (Å²) in [5, 5.41) is 2.92. The van der Waals surface area contributed by atoms with Gasteiger partial charge in [0.25, 0.3) is 5.91 Å². The van der Waals surface area contributed by atoms with Gasteiger partial charge < -0.3 is 10.1 Å². The lowest BCUT2D eigenvalue weighted by molar-refractivity contribution is -0.144. The number of hydrogen-bond donors (Lipinski definition) is 1. The van der Waals surface area contributed by atoms with Gasteiger partial charge in [-0.05, 0) is 18.1 Å². The van der Waals surface area contributed by atoms with E-state index in [1.54, 1.807) is 18.2 Å². The molecule has 0 atom stereocenters. The predicted octanol–water partition coefficient (Wildman–Crippen LogP) is 3.57. The van der Waals surface area contributed by atoms with E-state index in [2.05, 4.69) is 5.32 Å². The van der Waals surface area contributed by atoms with Crippen molar-refractivity contribution >= 4 is 11.9 Å². The molecule has 0 heterocycles. The Hall–Kier alpha value is -3.14. The molecule has 2 rings (SSSR count). The van der Waals surface area contributed by atoms with Crippen LogP contribution in [-0.4, -0.2) is 18.5 Å². The fourth-order valence-electron chi connectivity index (χ4n) is 2.28. The van der Waals surface area contributed by atoms with Crippen LogP contribution in [0.2, 0.25) is 0 Å². The van der Waals surface area contributed by atoms with Crippen molar-refractivity contribution in [1.82, 2.24) is 5.32 Å². The zero-order valence-corrected chi connectivity index (χ0v) is 14.1. The first kappa shape index (κ1) is 18.2. The third-order valence-electron chi connectivity index (χ3n) is 3.45. The molecule has 0 aliphatic carbocycles. The molecule has 0 radical (unpaired) electrons. The molecule has 0 aliphatic heterocycles. The van der Waals surface area contributed by atoms with Gasteiger partial charge in [-0.3, -0.25) is 4.79 Å². The number of ether oxygens (including phenoxy) is 1. The number of rotatable bonds is 7. The number of allylic oxidation sites excluding steroid dienone is 3.